The van der Waals surface area contributed by atoms with Crippen molar-refractivity contribution >= 4 is 11.3 Å². The highest BCUT2D eigenvalue weighted by Gasteiger charge is 2.19. The highest BCUT2D eigenvalue weighted by molar-refractivity contribution is 5.68. The average molecular weight is 261 g/mol. The van der Waals surface area contributed by atoms with E-state index in [4.69, 9.17) is 5.73 Å². The van der Waals surface area contributed by atoms with E-state index < -0.39 is 0 Å². The number of rotatable bonds is 4. The lowest BCUT2D eigenvalue weighted by molar-refractivity contribution is 0.562. The minimum atomic E-state index is 0.0291. The first-order valence-corrected chi connectivity index (χ1v) is 6.77. The van der Waals surface area contributed by atoms with Crippen molar-refractivity contribution in [2.45, 2.75) is 45.6 Å². The van der Waals surface area contributed by atoms with Crippen LogP contribution >= 0.6 is 0 Å². The molecule has 0 fully saturated rings. The van der Waals surface area contributed by atoms with Crippen molar-refractivity contribution in [3.63, 3.8) is 0 Å². The van der Waals surface area contributed by atoms with Crippen LogP contribution in [0.25, 0.3) is 5.52 Å². The van der Waals surface area contributed by atoms with E-state index in [9.17, 15) is 0 Å². The Bertz CT molecular complexity index is 548. The molecule has 5 heteroatoms. The van der Waals surface area contributed by atoms with Gasteiger partial charge in [0.25, 0.3) is 0 Å². The van der Waals surface area contributed by atoms with Gasteiger partial charge in [-0.15, -0.1) is 0 Å². The third-order valence-electron chi connectivity index (χ3n) is 3.28. The van der Waals surface area contributed by atoms with Crippen molar-refractivity contribution in [2.75, 3.05) is 11.9 Å². The monoisotopic (exact) mass is 261 g/mol. The maximum absolute atomic E-state index is 5.74. The molecule has 104 valence electrons. The van der Waals surface area contributed by atoms with Gasteiger partial charge in [0.1, 0.15) is 5.52 Å². The van der Waals surface area contributed by atoms with Crippen molar-refractivity contribution in [1.29, 1.82) is 0 Å². The van der Waals surface area contributed by atoms with Crippen LogP contribution in [0, 0.1) is 0 Å². The first kappa shape index (κ1) is 13.8. The molecule has 0 spiro atoms. The summed E-state index contributed by atoms with van der Waals surface area (Å²) in [6.45, 7) is 9.18. The van der Waals surface area contributed by atoms with Gasteiger partial charge in [-0.25, -0.2) is 9.50 Å². The van der Waals surface area contributed by atoms with Gasteiger partial charge < -0.3 is 11.1 Å². The minimum absolute atomic E-state index is 0.0291. The fourth-order valence-electron chi connectivity index (χ4n) is 1.92. The molecule has 2 heterocycles. The molecule has 0 radical (unpaired) electrons. The SMILES string of the molecule is CCC(CN)Nc1nccn2nc(C(C)(C)C)cc12. The number of nitrogens with zero attached hydrogens (tertiary/aromatic N) is 3. The van der Waals surface area contributed by atoms with Gasteiger partial charge in [0.15, 0.2) is 5.82 Å². The molecule has 2 rings (SSSR count). The van der Waals surface area contributed by atoms with Gasteiger partial charge in [-0.1, -0.05) is 27.7 Å². The molecule has 2 aromatic rings. The zero-order valence-electron chi connectivity index (χ0n) is 12.1. The number of hydrogen-bond acceptors (Lipinski definition) is 4. The topological polar surface area (TPSA) is 68.2 Å². The molecular formula is C14H23N5. The summed E-state index contributed by atoms with van der Waals surface area (Å²) in [6, 6.07) is 2.34. The van der Waals surface area contributed by atoms with Crippen LogP contribution in [0.2, 0.25) is 0 Å². The lowest BCUT2D eigenvalue weighted by atomic mass is 9.92. The highest BCUT2D eigenvalue weighted by Crippen LogP contribution is 2.24. The van der Waals surface area contributed by atoms with E-state index in [1.54, 1.807) is 6.20 Å². The van der Waals surface area contributed by atoms with Crippen molar-refractivity contribution in [1.82, 2.24) is 14.6 Å². The van der Waals surface area contributed by atoms with Gasteiger partial charge >= 0.3 is 0 Å². The molecule has 0 bridgehead atoms. The Kier molecular flexibility index (Phi) is 3.75. The molecule has 0 amide bonds. The summed E-state index contributed by atoms with van der Waals surface area (Å²) in [5.41, 5.74) is 7.82. The maximum Gasteiger partial charge on any atom is 0.152 e. The number of aromatic nitrogens is 3. The molecule has 0 aliphatic heterocycles. The smallest absolute Gasteiger partial charge is 0.152 e. The predicted octanol–water partition coefficient (Wildman–Crippen LogP) is 2.18. The molecule has 0 aliphatic rings. The Morgan fingerprint density at radius 2 is 2.16 bits per heavy atom. The van der Waals surface area contributed by atoms with Gasteiger partial charge in [-0.05, 0) is 12.5 Å². The molecule has 5 nitrogen and oxygen atoms in total. The van der Waals surface area contributed by atoms with E-state index in [-0.39, 0.29) is 11.5 Å². The van der Waals surface area contributed by atoms with E-state index in [0.29, 0.717) is 6.54 Å². The van der Waals surface area contributed by atoms with Gasteiger partial charge in [0, 0.05) is 30.4 Å². The summed E-state index contributed by atoms with van der Waals surface area (Å²) < 4.78 is 1.87. The third kappa shape index (κ3) is 2.87. The summed E-state index contributed by atoms with van der Waals surface area (Å²) in [6.07, 6.45) is 4.61. The molecule has 1 unspecified atom stereocenters. The fourth-order valence-corrected chi connectivity index (χ4v) is 1.92. The van der Waals surface area contributed by atoms with Crippen molar-refractivity contribution < 1.29 is 0 Å². The Morgan fingerprint density at radius 3 is 2.74 bits per heavy atom. The molecular weight excluding hydrogens is 238 g/mol. The fraction of sp³-hybridized carbons (Fsp3) is 0.571. The van der Waals surface area contributed by atoms with E-state index in [0.717, 1.165) is 23.4 Å². The maximum atomic E-state index is 5.74. The largest absolute Gasteiger partial charge is 0.364 e. The highest BCUT2D eigenvalue weighted by atomic mass is 15.2. The quantitative estimate of drug-likeness (QED) is 0.885. The summed E-state index contributed by atoms with van der Waals surface area (Å²) >= 11 is 0. The standard InChI is InChI=1S/C14H23N5/c1-5-10(9-15)17-13-11-8-12(14(2,3)4)18-19(11)7-6-16-13/h6-8,10H,5,9,15H2,1-4H3,(H,16,17). The zero-order valence-corrected chi connectivity index (χ0v) is 12.1. The Morgan fingerprint density at radius 1 is 1.42 bits per heavy atom. The normalized spacial score (nSPS) is 13.7. The number of nitrogens with two attached hydrogens (primary N) is 1. The zero-order chi connectivity index (χ0) is 14.0. The van der Waals surface area contributed by atoms with Crippen LogP contribution in [0.4, 0.5) is 5.82 Å². The molecule has 0 saturated carbocycles. The second-order valence-corrected chi connectivity index (χ2v) is 5.87. The van der Waals surface area contributed by atoms with E-state index in [2.05, 4.69) is 49.2 Å². The molecule has 3 N–H and O–H groups in total. The average Bonchev–Trinajstić information content (AvgIpc) is 2.80. The van der Waals surface area contributed by atoms with Gasteiger partial charge in [0.2, 0.25) is 0 Å². The van der Waals surface area contributed by atoms with Crippen LogP contribution in [-0.4, -0.2) is 27.2 Å². The number of anilines is 1. The summed E-state index contributed by atoms with van der Waals surface area (Å²) in [4.78, 5) is 4.41. The number of hydrogen-bond donors (Lipinski definition) is 2. The van der Waals surface area contributed by atoms with E-state index >= 15 is 0 Å². The van der Waals surface area contributed by atoms with Crippen molar-refractivity contribution in [3.05, 3.63) is 24.2 Å². The van der Waals surface area contributed by atoms with E-state index in [1.165, 1.54) is 0 Å². The number of fused-ring (bicyclic) bond motifs is 1. The molecule has 0 aliphatic carbocycles. The third-order valence-corrected chi connectivity index (χ3v) is 3.28. The minimum Gasteiger partial charge on any atom is -0.364 e. The van der Waals surface area contributed by atoms with E-state index in [1.807, 2.05) is 10.7 Å². The molecule has 19 heavy (non-hydrogen) atoms. The second kappa shape index (κ2) is 5.17. The molecule has 0 saturated heterocycles. The first-order valence-electron chi connectivity index (χ1n) is 6.77. The second-order valence-electron chi connectivity index (χ2n) is 5.87. The Labute approximate surface area is 114 Å². The van der Waals surface area contributed by atoms with Gasteiger partial charge in [-0.3, -0.25) is 0 Å². The Hall–Kier alpha value is -1.62. The Balaban J connectivity index is 2.42. The van der Waals surface area contributed by atoms with Gasteiger partial charge in [0.05, 0.1) is 5.69 Å². The van der Waals surface area contributed by atoms with Crippen LogP contribution in [0.15, 0.2) is 18.5 Å². The van der Waals surface area contributed by atoms with Crippen LogP contribution in [0.5, 0.6) is 0 Å². The lowest BCUT2D eigenvalue weighted by Crippen LogP contribution is -2.28. The lowest BCUT2D eigenvalue weighted by Gasteiger charge is -2.15. The van der Waals surface area contributed by atoms with Crippen molar-refractivity contribution in [2.24, 2.45) is 5.73 Å². The van der Waals surface area contributed by atoms with Crippen molar-refractivity contribution in [3.8, 4) is 0 Å². The molecule has 1 atom stereocenters. The van der Waals surface area contributed by atoms with Gasteiger partial charge in [-0.2, -0.15) is 5.10 Å². The summed E-state index contributed by atoms with van der Waals surface area (Å²) in [5, 5.41) is 8.00. The molecule has 2 aromatic heterocycles. The molecule has 0 aromatic carbocycles. The van der Waals surface area contributed by atoms with Crippen LogP contribution in [-0.2, 0) is 5.41 Å². The summed E-state index contributed by atoms with van der Waals surface area (Å²) in [7, 11) is 0. The number of nitrogens with one attached hydrogen (secondary N) is 1. The predicted molar refractivity (Wildman–Crippen MR) is 78.4 cm³/mol. The van der Waals surface area contributed by atoms with Crippen LogP contribution in [0.1, 0.15) is 39.8 Å². The summed E-state index contributed by atoms with van der Waals surface area (Å²) in [5.74, 6) is 0.850. The van der Waals surface area contributed by atoms with Crippen LogP contribution in [0.3, 0.4) is 0 Å². The van der Waals surface area contributed by atoms with Crippen LogP contribution < -0.4 is 11.1 Å². The first-order chi connectivity index (χ1) is 8.95.